The second-order valence-corrected chi connectivity index (χ2v) is 6.86. The average Bonchev–Trinajstić information content (AvgIpc) is 2.75. The number of halogens is 2. The number of nitrogens with two attached hydrogens (primary N) is 1. The maximum absolute atomic E-state index is 6.05. The highest BCUT2D eigenvalue weighted by Gasteiger charge is 2.16. The third-order valence-corrected chi connectivity index (χ3v) is 3.74. The van der Waals surface area contributed by atoms with Gasteiger partial charge < -0.3 is 10.3 Å². The van der Waals surface area contributed by atoms with Gasteiger partial charge in [-0.15, -0.1) is 0 Å². The molecule has 2 aromatic rings. The van der Waals surface area contributed by atoms with Crippen LogP contribution in [0.4, 0.5) is 0 Å². The lowest BCUT2D eigenvalue weighted by Gasteiger charge is -2.10. The summed E-state index contributed by atoms with van der Waals surface area (Å²) in [5.41, 5.74) is 6.70. The van der Waals surface area contributed by atoms with Gasteiger partial charge in [-0.05, 0) is 50.3 Å². The van der Waals surface area contributed by atoms with E-state index >= 15 is 0 Å². The molecule has 0 bridgehead atoms. The summed E-state index contributed by atoms with van der Waals surface area (Å²) in [4.78, 5) is 8.63. The molecule has 0 saturated carbocycles. The number of hydrogen-bond donors (Lipinski definition) is 1. The van der Waals surface area contributed by atoms with Crippen LogP contribution in [-0.4, -0.2) is 21.2 Å². The third-order valence-electron chi connectivity index (χ3n) is 2.70. The first-order valence-electron chi connectivity index (χ1n) is 6.35. The molecule has 5 nitrogen and oxygen atoms in total. The van der Waals surface area contributed by atoms with Crippen LogP contribution in [-0.2, 0) is 6.42 Å². The number of pyridine rings is 1. The molecule has 2 aromatic heterocycles. The second kappa shape index (κ2) is 6.78. The van der Waals surface area contributed by atoms with E-state index in [2.05, 4.69) is 60.8 Å². The van der Waals surface area contributed by atoms with Gasteiger partial charge in [0.2, 0.25) is 11.7 Å². The Morgan fingerprint density at radius 1 is 1.35 bits per heavy atom. The smallest absolute Gasteiger partial charge is 0.228 e. The van der Waals surface area contributed by atoms with Gasteiger partial charge in [0.05, 0.1) is 0 Å². The van der Waals surface area contributed by atoms with E-state index in [1.807, 2.05) is 6.07 Å². The van der Waals surface area contributed by atoms with Crippen LogP contribution in [0.5, 0.6) is 0 Å². The van der Waals surface area contributed by atoms with Crippen LogP contribution in [0.1, 0.15) is 26.2 Å². The zero-order valence-electron chi connectivity index (χ0n) is 11.3. The molecule has 7 heteroatoms. The molecule has 2 N–H and O–H groups in total. The van der Waals surface area contributed by atoms with E-state index in [-0.39, 0.29) is 6.04 Å². The highest BCUT2D eigenvalue weighted by Crippen LogP contribution is 2.26. The fraction of sp³-hybridized carbons (Fsp3) is 0.462. The Morgan fingerprint density at radius 2 is 2.10 bits per heavy atom. The van der Waals surface area contributed by atoms with Gasteiger partial charge >= 0.3 is 0 Å². The fourth-order valence-electron chi connectivity index (χ4n) is 1.93. The predicted octanol–water partition coefficient (Wildman–Crippen LogP) is 3.57. The van der Waals surface area contributed by atoms with Gasteiger partial charge in [-0.25, -0.2) is 0 Å². The highest BCUT2D eigenvalue weighted by molar-refractivity contribution is 9.11. The molecular formula is C13H16Br2N4O. The number of rotatable bonds is 5. The van der Waals surface area contributed by atoms with Crippen LogP contribution in [0.3, 0.4) is 0 Å². The summed E-state index contributed by atoms with van der Waals surface area (Å²) >= 11 is 6.79. The Bertz CT molecular complexity index is 586. The first-order chi connectivity index (χ1) is 9.45. The standard InChI is InChI=1S/C13H16Br2N4O/c1-7(2)3-9(16)5-11-18-13(19-20-11)12-10(15)4-8(14)6-17-12/h4,6-7,9H,3,5,16H2,1-2H3. The van der Waals surface area contributed by atoms with Crippen LogP contribution in [0.15, 0.2) is 25.7 Å². The molecule has 1 atom stereocenters. The molecule has 0 spiro atoms. The molecule has 0 fully saturated rings. The molecule has 0 amide bonds. The molecule has 0 radical (unpaired) electrons. The van der Waals surface area contributed by atoms with Crippen LogP contribution >= 0.6 is 31.9 Å². The van der Waals surface area contributed by atoms with Gasteiger partial charge in [-0.2, -0.15) is 4.98 Å². The molecule has 0 saturated heterocycles. The Hall–Kier alpha value is -0.790. The minimum Gasteiger partial charge on any atom is -0.339 e. The third kappa shape index (κ3) is 4.10. The Labute approximate surface area is 134 Å². The Morgan fingerprint density at radius 3 is 2.75 bits per heavy atom. The van der Waals surface area contributed by atoms with E-state index in [4.69, 9.17) is 10.3 Å². The minimum atomic E-state index is 0.0321. The SMILES string of the molecule is CC(C)CC(N)Cc1nc(-c2ncc(Br)cc2Br)no1. The fourth-order valence-corrected chi connectivity index (χ4v) is 3.09. The summed E-state index contributed by atoms with van der Waals surface area (Å²) in [6.07, 6.45) is 3.21. The lowest BCUT2D eigenvalue weighted by Crippen LogP contribution is -2.24. The van der Waals surface area contributed by atoms with Gasteiger partial charge in [0.25, 0.3) is 0 Å². The Balaban J connectivity index is 2.12. The number of hydrogen-bond acceptors (Lipinski definition) is 5. The van der Waals surface area contributed by atoms with E-state index in [9.17, 15) is 0 Å². The maximum Gasteiger partial charge on any atom is 0.228 e. The summed E-state index contributed by atoms with van der Waals surface area (Å²) in [6.45, 7) is 4.28. The van der Waals surface area contributed by atoms with E-state index in [1.54, 1.807) is 6.20 Å². The minimum absolute atomic E-state index is 0.0321. The molecule has 1 unspecified atom stereocenters. The second-order valence-electron chi connectivity index (χ2n) is 5.09. The number of nitrogens with zero attached hydrogens (tertiary/aromatic N) is 3. The van der Waals surface area contributed by atoms with Crippen molar-refractivity contribution >= 4 is 31.9 Å². The van der Waals surface area contributed by atoms with Crippen molar-refractivity contribution in [2.45, 2.75) is 32.7 Å². The summed E-state index contributed by atoms with van der Waals surface area (Å²) < 4.78 is 6.94. The van der Waals surface area contributed by atoms with Crippen molar-refractivity contribution in [1.82, 2.24) is 15.1 Å². The lowest BCUT2D eigenvalue weighted by molar-refractivity contribution is 0.359. The Kier molecular flexibility index (Phi) is 5.29. The van der Waals surface area contributed by atoms with Gasteiger partial charge in [0.15, 0.2) is 0 Å². The van der Waals surface area contributed by atoms with Gasteiger partial charge in [0.1, 0.15) is 5.69 Å². The predicted molar refractivity (Wildman–Crippen MR) is 84.1 cm³/mol. The molecule has 2 rings (SSSR count). The topological polar surface area (TPSA) is 77.8 Å². The van der Waals surface area contributed by atoms with Crippen molar-refractivity contribution in [1.29, 1.82) is 0 Å². The van der Waals surface area contributed by atoms with Crippen LogP contribution in [0.25, 0.3) is 11.5 Å². The van der Waals surface area contributed by atoms with Crippen molar-refractivity contribution in [3.05, 3.63) is 27.1 Å². The van der Waals surface area contributed by atoms with Crippen molar-refractivity contribution in [3.63, 3.8) is 0 Å². The summed E-state index contributed by atoms with van der Waals surface area (Å²) in [5.74, 6) is 1.57. The first kappa shape index (κ1) is 15.6. The molecule has 0 aromatic carbocycles. The molecule has 108 valence electrons. The molecule has 0 aliphatic carbocycles. The van der Waals surface area contributed by atoms with E-state index in [0.29, 0.717) is 29.7 Å². The lowest BCUT2D eigenvalue weighted by atomic mass is 10.0. The largest absolute Gasteiger partial charge is 0.339 e. The monoisotopic (exact) mass is 402 g/mol. The van der Waals surface area contributed by atoms with Crippen LogP contribution in [0.2, 0.25) is 0 Å². The highest BCUT2D eigenvalue weighted by atomic mass is 79.9. The van der Waals surface area contributed by atoms with Crippen molar-refractivity contribution < 1.29 is 4.52 Å². The van der Waals surface area contributed by atoms with Crippen LogP contribution < -0.4 is 5.73 Å². The zero-order chi connectivity index (χ0) is 14.7. The average molecular weight is 404 g/mol. The first-order valence-corrected chi connectivity index (χ1v) is 7.94. The van der Waals surface area contributed by atoms with E-state index < -0.39 is 0 Å². The summed E-state index contributed by atoms with van der Waals surface area (Å²) in [5, 5.41) is 3.96. The molecule has 0 aliphatic rings. The molecular weight excluding hydrogens is 388 g/mol. The molecule has 0 aliphatic heterocycles. The van der Waals surface area contributed by atoms with Gasteiger partial charge in [-0.3, -0.25) is 4.98 Å². The van der Waals surface area contributed by atoms with Crippen LogP contribution in [0, 0.1) is 5.92 Å². The van der Waals surface area contributed by atoms with E-state index in [1.165, 1.54) is 0 Å². The quantitative estimate of drug-likeness (QED) is 0.825. The van der Waals surface area contributed by atoms with Gasteiger partial charge in [0, 0.05) is 27.6 Å². The molecule has 20 heavy (non-hydrogen) atoms. The number of aromatic nitrogens is 3. The van der Waals surface area contributed by atoms with Crippen molar-refractivity contribution in [2.24, 2.45) is 11.7 Å². The maximum atomic E-state index is 6.05. The van der Waals surface area contributed by atoms with Crippen molar-refractivity contribution in [2.75, 3.05) is 0 Å². The van der Waals surface area contributed by atoms with Gasteiger partial charge in [-0.1, -0.05) is 19.0 Å². The van der Waals surface area contributed by atoms with E-state index in [0.717, 1.165) is 15.4 Å². The molecule has 2 heterocycles. The summed E-state index contributed by atoms with van der Waals surface area (Å²) in [6, 6.07) is 1.92. The normalized spacial score (nSPS) is 12.9. The van der Waals surface area contributed by atoms with Crippen molar-refractivity contribution in [3.8, 4) is 11.5 Å². The zero-order valence-corrected chi connectivity index (χ0v) is 14.5. The summed E-state index contributed by atoms with van der Waals surface area (Å²) in [7, 11) is 0.